The molecule has 0 bridgehead atoms. The Hall–Kier alpha value is -1.84. The number of nitrogens with zero attached hydrogens (tertiary/aromatic N) is 1. The second-order valence-electron chi connectivity index (χ2n) is 4.53. The van der Waals surface area contributed by atoms with E-state index in [0.29, 0.717) is 13.0 Å². The van der Waals surface area contributed by atoms with E-state index >= 15 is 0 Å². The minimum Gasteiger partial charge on any atom is -0.481 e. The van der Waals surface area contributed by atoms with Gasteiger partial charge in [-0.1, -0.05) is 6.92 Å². The molecule has 1 heterocycles. The SMILES string of the molecule is CCn1c(CC(C)C(=O)O)cc2ccc(F)cc21. The summed E-state index contributed by atoms with van der Waals surface area (Å²) in [4.78, 5) is 10.9. The summed E-state index contributed by atoms with van der Waals surface area (Å²) >= 11 is 0. The van der Waals surface area contributed by atoms with E-state index in [0.717, 1.165) is 16.6 Å². The van der Waals surface area contributed by atoms with Gasteiger partial charge in [-0.15, -0.1) is 0 Å². The minimum absolute atomic E-state index is 0.270. The lowest BCUT2D eigenvalue weighted by Crippen LogP contribution is -2.14. The number of hydrogen-bond acceptors (Lipinski definition) is 1. The second kappa shape index (κ2) is 4.80. The number of carboxylic acids is 1. The molecule has 0 saturated heterocycles. The fourth-order valence-electron chi connectivity index (χ4n) is 2.23. The van der Waals surface area contributed by atoms with Crippen molar-refractivity contribution in [1.82, 2.24) is 4.57 Å². The van der Waals surface area contributed by atoms with E-state index < -0.39 is 11.9 Å². The number of carboxylic acid groups (broad SMARTS) is 1. The largest absolute Gasteiger partial charge is 0.481 e. The van der Waals surface area contributed by atoms with Gasteiger partial charge in [0.1, 0.15) is 5.82 Å². The van der Waals surface area contributed by atoms with Crippen LogP contribution in [-0.2, 0) is 17.8 Å². The Bertz CT molecular complexity index is 589. The van der Waals surface area contributed by atoms with Gasteiger partial charge in [-0.25, -0.2) is 4.39 Å². The molecule has 1 aromatic carbocycles. The monoisotopic (exact) mass is 249 g/mol. The van der Waals surface area contributed by atoms with Gasteiger partial charge in [0.2, 0.25) is 0 Å². The number of aliphatic carboxylic acids is 1. The molecule has 0 amide bonds. The number of aryl methyl sites for hydroxylation is 1. The molecule has 0 aliphatic heterocycles. The lowest BCUT2D eigenvalue weighted by molar-refractivity contribution is -0.141. The Kier molecular flexibility index (Phi) is 3.36. The van der Waals surface area contributed by atoms with E-state index in [1.54, 1.807) is 13.0 Å². The van der Waals surface area contributed by atoms with Crippen LogP contribution in [0, 0.1) is 11.7 Å². The smallest absolute Gasteiger partial charge is 0.306 e. The van der Waals surface area contributed by atoms with Gasteiger partial charge in [0.25, 0.3) is 0 Å². The standard InChI is InChI=1S/C14H16FNO2/c1-3-16-12(6-9(2)14(17)18)7-10-4-5-11(15)8-13(10)16/h4-5,7-9H,3,6H2,1-2H3,(H,17,18). The van der Waals surface area contributed by atoms with Crippen molar-refractivity contribution >= 4 is 16.9 Å². The third-order valence-electron chi connectivity index (χ3n) is 3.21. The zero-order valence-electron chi connectivity index (χ0n) is 10.5. The Morgan fingerprint density at radius 2 is 2.17 bits per heavy atom. The zero-order chi connectivity index (χ0) is 13.3. The van der Waals surface area contributed by atoms with Crippen molar-refractivity contribution in [2.75, 3.05) is 0 Å². The highest BCUT2D eigenvalue weighted by atomic mass is 19.1. The number of aromatic nitrogens is 1. The summed E-state index contributed by atoms with van der Waals surface area (Å²) in [5.41, 5.74) is 1.76. The summed E-state index contributed by atoms with van der Waals surface area (Å²) in [6.45, 7) is 4.36. The summed E-state index contributed by atoms with van der Waals surface area (Å²) in [7, 11) is 0. The minimum atomic E-state index is -0.811. The van der Waals surface area contributed by atoms with Crippen molar-refractivity contribution in [2.45, 2.75) is 26.8 Å². The van der Waals surface area contributed by atoms with Crippen molar-refractivity contribution in [2.24, 2.45) is 5.92 Å². The maximum absolute atomic E-state index is 13.2. The maximum Gasteiger partial charge on any atom is 0.306 e. The quantitative estimate of drug-likeness (QED) is 0.904. The molecule has 1 N–H and O–H groups in total. The Balaban J connectivity index is 2.47. The number of carbonyl (C=O) groups is 1. The number of fused-ring (bicyclic) bond motifs is 1. The average molecular weight is 249 g/mol. The summed E-state index contributed by atoms with van der Waals surface area (Å²) in [6.07, 6.45) is 0.458. The van der Waals surface area contributed by atoms with Gasteiger partial charge in [0.15, 0.2) is 0 Å². The molecule has 0 saturated carbocycles. The van der Waals surface area contributed by atoms with Crippen LogP contribution in [0.15, 0.2) is 24.3 Å². The van der Waals surface area contributed by atoms with E-state index in [1.807, 2.05) is 17.6 Å². The first-order valence-electron chi connectivity index (χ1n) is 6.03. The second-order valence-corrected chi connectivity index (χ2v) is 4.53. The van der Waals surface area contributed by atoms with Gasteiger partial charge < -0.3 is 9.67 Å². The summed E-state index contributed by atoms with van der Waals surface area (Å²) in [5.74, 6) is -1.52. The third kappa shape index (κ3) is 2.23. The molecule has 1 atom stereocenters. The number of hydrogen-bond donors (Lipinski definition) is 1. The third-order valence-corrected chi connectivity index (χ3v) is 3.21. The van der Waals surface area contributed by atoms with Crippen molar-refractivity contribution in [1.29, 1.82) is 0 Å². The summed E-state index contributed by atoms with van der Waals surface area (Å²) < 4.78 is 15.2. The van der Waals surface area contributed by atoms with Gasteiger partial charge in [-0.2, -0.15) is 0 Å². The molecule has 3 nitrogen and oxygen atoms in total. The predicted molar refractivity (Wildman–Crippen MR) is 68.1 cm³/mol. The van der Waals surface area contributed by atoms with Crippen LogP contribution in [0.1, 0.15) is 19.5 Å². The first-order valence-corrected chi connectivity index (χ1v) is 6.03. The molecule has 0 aliphatic rings. The first-order chi connectivity index (χ1) is 8.52. The molecule has 1 unspecified atom stereocenters. The zero-order valence-corrected chi connectivity index (χ0v) is 10.5. The molecule has 96 valence electrons. The highest BCUT2D eigenvalue weighted by Gasteiger charge is 2.16. The molecule has 2 rings (SSSR count). The van der Waals surface area contributed by atoms with Crippen LogP contribution in [0.4, 0.5) is 4.39 Å². The van der Waals surface area contributed by atoms with Crippen molar-refractivity contribution < 1.29 is 14.3 Å². The Morgan fingerprint density at radius 1 is 1.44 bits per heavy atom. The fourth-order valence-corrected chi connectivity index (χ4v) is 2.23. The highest BCUT2D eigenvalue weighted by molar-refractivity contribution is 5.81. The molecule has 2 aromatic rings. The highest BCUT2D eigenvalue weighted by Crippen LogP contribution is 2.23. The number of halogens is 1. The number of benzene rings is 1. The van der Waals surface area contributed by atoms with E-state index in [2.05, 4.69) is 0 Å². The first kappa shape index (κ1) is 12.6. The van der Waals surface area contributed by atoms with Crippen LogP contribution in [0.25, 0.3) is 10.9 Å². The van der Waals surface area contributed by atoms with Crippen LogP contribution in [-0.4, -0.2) is 15.6 Å². The molecule has 18 heavy (non-hydrogen) atoms. The van der Waals surface area contributed by atoms with Crippen molar-refractivity contribution in [3.63, 3.8) is 0 Å². The predicted octanol–water partition coefficient (Wildman–Crippen LogP) is 3.06. The molecule has 1 aromatic heterocycles. The molecular weight excluding hydrogens is 233 g/mol. The Morgan fingerprint density at radius 3 is 2.78 bits per heavy atom. The van der Waals surface area contributed by atoms with Gasteiger partial charge in [-0.05, 0) is 31.2 Å². The molecule has 0 radical (unpaired) electrons. The molecule has 0 aliphatic carbocycles. The molecular formula is C14H16FNO2. The van der Waals surface area contributed by atoms with Crippen molar-refractivity contribution in [3.8, 4) is 0 Å². The molecule has 0 spiro atoms. The summed E-state index contributed by atoms with van der Waals surface area (Å²) in [5, 5.41) is 9.91. The van der Waals surface area contributed by atoms with Gasteiger partial charge in [-0.3, -0.25) is 4.79 Å². The fraction of sp³-hybridized carbons (Fsp3) is 0.357. The van der Waals surface area contributed by atoms with E-state index in [-0.39, 0.29) is 5.82 Å². The molecule has 0 fully saturated rings. The molecule has 4 heteroatoms. The lowest BCUT2D eigenvalue weighted by Gasteiger charge is -2.10. The van der Waals surface area contributed by atoms with Gasteiger partial charge in [0, 0.05) is 24.0 Å². The van der Waals surface area contributed by atoms with Crippen LogP contribution in [0.3, 0.4) is 0 Å². The van der Waals surface area contributed by atoms with Gasteiger partial charge >= 0.3 is 5.97 Å². The normalized spacial score (nSPS) is 12.8. The van der Waals surface area contributed by atoms with Crippen LogP contribution in [0.2, 0.25) is 0 Å². The van der Waals surface area contributed by atoms with E-state index in [1.165, 1.54) is 12.1 Å². The lowest BCUT2D eigenvalue weighted by atomic mass is 10.1. The van der Waals surface area contributed by atoms with Crippen molar-refractivity contribution in [3.05, 3.63) is 35.8 Å². The van der Waals surface area contributed by atoms with Gasteiger partial charge in [0.05, 0.1) is 11.4 Å². The Labute approximate surface area is 105 Å². The number of rotatable bonds is 4. The maximum atomic E-state index is 13.2. The van der Waals surface area contributed by atoms with E-state index in [9.17, 15) is 9.18 Å². The van der Waals surface area contributed by atoms with E-state index in [4.69, 9.17) is 5.11 Å². The summed E-state index contributed by atoms with van der Waals surface area (Å²) in [6, 6.07) is 6.59. The van der Waals surface area contributed by atoms with Crippen LogP contribution >= 0.6 is 0 Å². The average Bonchev–Trinajstić information content (AvgIpc) is 2.65. The van der Waals surface area contributed by atoms with Crippen LogP contribution < -0.4 is 0 Å². The van der Waals surface area contributed by atoms with Crippen LogP contribution in [0.5, 0.6) is 0 Å². The topological polar surface area (TPSA) is 42.2 Å².